The summed E-state index contributed by atoms with van der Waals surface area (Å²) < 4.78 is 10.6. The molecule has 1 fully saturated rings. The summed E-state index contributed by atoms with van der Waals surface area (Å²) in [6.45, 7) is 1.99. The van der Waals surface area contributed by atoms with Gasteiger partial charge in [0, 0.05) is 37.3 Å². The van der Waals surface area contributed by atoms with E-state index < -0.39 is 0 Å². The first-order chi connectivity index (χ1) is 13.0. The van der Waals surface area contributed by atoms with Gasteiger partial charge in [0.1, 0.15) is 0 Å². The molecular formula is C19H16Cl2N2O4. The number of hydrogen-bond donors (Lipinski definition) is 0. The molecule has 0 atom stereocenters. The monoisotopic (exact) mass is 406 g/mol. The maximum Gasteiger partial charge on any atom is 0.254 e. The van der Waals surface area contributed by atoms with Crippen molar-refractivity contribution in [2.75, 3.05) is 33.0 Å². The Hall–Kier alpha value is -2.44. The van der Waals surface area contributed by atoms with Gasteiger partial charge in [0.05, 0.1) is 10.0 Å². The molecule has 8 heteroatoms. The molecule has 4 rings (SSSR count). The highest BCUT2D eigenvalue weighted by Gasteiger charge is 2.27. The minimum absolute atomic E-state index is 0.0880. The standard InChI is InChI=1S/C19H16Cl2N2O4/c20-14-3-1-12(9-15(14)21)18(24)22-5-7-23(8-6-22)19(25)13-2-4-16-17(10-13)27-11-26-16/h1-4,9-10H,5-8,11H2. The zero-order chi connectivity index (χ0) is 19.0. The Morgan fingerprint density at radius 1 is 0.741 bits per heavy atom. The Balaban J connectivity index is 1.40. The molecule has 27 heavy (non-hydrogen) atoms. The van der Waals surface area contributed by atoms with Crippen LogP contribution < -0.4 is 9.47 Å². The predicted molar refractivity (Wildman–Crippen MR) is 101 cm³/mol. The highest BCUT2D eigenvalue weighted by Crippen LogP contribution is 2.33. The van der Waals surface area contributed by atoms with Gasteiger partial charge in [-0.3, -0.25) is 9.59 Å². The Morgan fingerprint density at radius 3 is 1.93 bits per heavy atom. The van der Waals surface area contributed by atoms with Gasteiger partial charge >= 0.3 is 0 Å². The van der Waals surface area contributed by atoms with E-state index in [4.69, 9.17) is 32.7 Å². The maximum atomic E-state index is 12.7. The number of hydrogen-bond acceptors (Lipinski definition) is 4. The summed E-state index contributed by atoms with van der Waals surface area (Å²) in [5.41, 5.74) is 1.03. The first-order valence-electron chi connectivity index (χ1n) is 8.46. The number of amides is 2. The molecule has 0 spiro atoms. The van der Waals surface area contributed by atoms with Crippen molar-refractivity contribution in [1.82, 2.24) is 9.80 Å². The van der Waals surface area contributed by atoms with Crippen molar-refractivity contribution in [3.8, 4) is 11.5 Å². The van der Waals surface area contributed by atoms with Crippen LogP contribution in [0.4, 0.5) is 0 Å². The Morgan fingerprint density at radius 2 is 1.30 bits per heavy atom. The topological polar surface area (TPSA) is 59.1 Å². The van der Waals surface area contributed by atoms with Gasteiger partial charge < -0.3 is 19.3 Å². The number of piperazine rings is 1. The van der Waals surface area contributed by atoms with Gasteiger partial charge in [-0.2, -0.15) is 0 Å². The normalized spacial score (nSPS) is 15.8. The van der Waals surface area contributed by atoms with Gasteiger partial charge in [0.15, 0.2) is 11.5 Å². The van der Waals surface area contributed by atoms with E-state index in [9.17, 15) is 9.59 Å². The molecular weight excluding hydrogens is 391 g/mol. The lowest BCUT2D eigenvalue weighted by Crippen LogP contribution is -2.50. The van der Waals surface area contributed by atoms with Gasteiger partial charge in [-0.05, 0) is 36.4 Å². The van der Waals surface area contributed by atoms with Crippen molar-refractivity contribution in [2.24, 2.45) is 0 Å². The van der Waals surface area contributed by atoms with Gasteiger partial charge in [-0.15, -0.1) is 0 Å². The second-order valence-corrected chi connectivity index (χ2v) is 7.10. The van der Waals surface area contributed by atoms with Crippen LogP contribution >= 0.6 is 23.2 Å². The SMILES string of the molecule is O=C(c1ccc(Cl)c(Cl)c1)N1CCN(C(=O)c2ccc3c(c2)OCO3)CC1. The molecule has 0 bridgehead atoms. The third-order valence-corrected chi connectivity index (χ3v) is 5.38. The molecule has 2 heterocycles. The zero-order valence-electron chi connectivity index (χ0n) is 14.3. The number of benzene rings is 2. The molecule has 140 valence electrons. The van der Waals surface area contributed by atoms with Crippen LogP contribution in [0.2, 0.25) is 10.0 Å². The average Bonchev–Trinajstić information content (AvgIpc) is 3.17. The minimum atomic E-state index is -0.122. The molecule has 2 aliphatic heterocycles. The van der Waals surface area contributed by atoms with Crippen LogP contribution in [0, 0.1) is 0 Å². The van der Waals surface area contributed by atoms with E-state index in [2.05, 4.69) is 0 Å². The number of nitrogens with zero attached hydrogens (tertiary/aromatic N) is 2. The van der Waals surface area contributed by atoms with E-state index in [1.165, 1.54) is 0 Å². The average molecular weight is 407 g/mol. The Bertz CT molecular complexity index is 911. The van der Waals surface area contributed by atoms with Crippen LogP contribution in [-0.2, 0) is 0 Å². The van der Waals surface area contributed by atoms with E-state index in [1.807, 2.05) is 0 Å². The van der Waals surface area contributed by atoms with Crippen LogP contribution in [0.3, 0.4) is 0 Å². The van der Waals surface area contributed by atoms with Crippen molar-refractivity contribution in [1.29, 1.82) is 0 Å². The van der Waals surface area contributed by atoms with Gasteiger partial charge in [0.25, 0.3) is 11.8 Å². The van der Waals surface area contributed by atoms with Crippen LogP contribution in [-0.4, -0.2) is 54.6 Å². The maximum absolute atomic E-state index is 12.7. The molecule has 2 aliphatic rings. The second-order valence-electron chi connectivity index (χ2n) is 6.28. The van der Waals surface area contributed by atoms with Gasteiger partial charge in [-0.25, -0.2) is 0 Å². The lowest BCUT2D eigenvalue weighted by molar-refractivity contribution is 0.0535. The number of rotatable bonds is 2. The highest BCUT2D eigenvalue weighted by atomic mass is 35.5. The van der Waals surface area contributed by atoms with Crippen LogP contribution in [0.25, 0.3) is 0 Å². The fourth-order valence-electron chi connectivity index (χ4n) is 3.14. The number of halogens is 2. The van der Waals surface area contributed by atoms with E-state index >= 15 is 0 Å². The fraction of sp³-hybridized carbons (Fsp3) is 0.263. The Labute approximate surface area is 166 Å². The summed E-state index contributed by atoms with van der Waals surface area (Å²) in [6.07, 6.45) is 0. The number of fused-ring (bicyclic) bond motifs is 1. The quantitative estimate of drug-likeness (QED) is 0.767. The van der Waals surface area contributed by atoms with E-state index in [1.54, 1.807) is 46.2 Å². The zero-order valence-corrected chi connectivity index (χ0v) is 15.8. The summed E-state index contributed by atoms with van der Waals surface area (Å²) in [4.78, 5) is 28.8. The van der Waals surface area contributed by atoms with Gasteiger partial charge in [-0.1, -0.05) is 23.2 Å². The minimum Gasteiger partial charge on any atom is -0.454 e. The fourth-order valence-corrected chi connectivity index (χ4v) is 3.43. The molecule has 0 saturated carbocycles. The largest absolute Gasteiger partial charge is 0.454 e. The van der Waals surface area contributed by atoms with Crippen LogP contribution in [0.5, 0.6) is 11.5 Å². The molecule has 1 saturated heterocycles. The predicted octanol–water partition coefficient (Wildman–Crippen LogP) is 3.32. The lowest BCUT2D eigenvalue weighted by atomic mass is 10.1. The van der Waals surface area contributed by atoms with E-state index in [0.717, 1.165) is 0 Å². The second kappa shape index (κ2) is 7.29. The number of carbonyl (C=O) groups excluding carboxylic acids is 2. The first-order valence-corrected chi connectivity index (χ1v) is 9.22. The molecule has 0 unspecified atom stereocenters. The summed E-state index contributed by atoms with van der Waals surface area (Å²) >= 11 is 11.9. The van der Waals surface area contributed by atoms with Gasteiger partial charge in [0.2, 0.25) is 6.79 Å². The molecule has 0 aromatic heterocycles. The first kappa shape index (κ1) is 17.9. The van der Waals surface area contributed by atoms with Crippen molar-refractivity contribution in [2.45, 2.75) is 0 Å². The molecule has 0 aliphatic carbocycles. The number of carbonyl (C=O) groups is 2. The third-order valence-electron chi connectivity index (χ3n) is 4.64. The van der Waals surface area contributed by atoms with Crippen molar-refractivity contribution in [3.05, 3.63) is 57.6 Å². The smallest absolute Gasteiger partial charge is 0.254 e. The summed E-state index contributed by atoms with van der Waals surface area (Å²) in [6, 6.07) is 9.98. The summed E-state index contributed by atoms with van der Waals surface area (Å²) in [5, 5.41) is 0.756. The van der Waals surface area contributed by atoms with Crippen LogP contribution in [0.15, 0.2) is 36.4 Å². The summed E-state index contributed by atoms with van der Waals surface area (Å²) in [5.74, 6) is 1.01. The Kier molecular flexibility index (Phi) is 4.85. The highest BCUT2D eigenvalue weighted by molar-refractivity contribution is 6.42. The number of ether oxygens (including phenoxy) is 2. The van der Waals surface area contributed by atoms with Crippen molar-refractivity contribution in [3.63, 3.8) is 0 Å². The molecule has 2 amide bonds. The molecule has 2 aromatic rings. The van der Waals surface area contributed by atoms with E-state index in [-0.39, 0.29) is 18.6 Å². The van der Waals surface area contributed by atoms with Crippen LogP contribution in [0.1, 0.15) is 20.7 Å². The van der Waals surface area contributed by atoms with E-state index in [0.29, 0.717) is 58.9 Å². The molecule has 0 radical (unpaired) electrons. The summed E-state index contributed by atoms with van der Waals surface area (Å²) in [7, 11) is 0. The molecule has 0 N–H and O–H groups in total. The third kappa shape index (κ3) is 3.55. The molecule has 6 nitrogen and oxygen atoms in total. The van der Waals surface area contributed by atoms with Crippen molar-refractivity contribution >= 4 is 35.0 Å². The lowest BCUT2D eigenvalue weighted by Gasteiger charge is -2.35. The van der Waals surface area contributed by atoms with Crippen molar-refractivity contribution < 1.29 is 19.1 Å². The molecule has 2 aromatic carbocycles.